The molecule has 0 aliphatic carbocycles. The number of hydrogen-bond acceptors (Lipinski definition) is 4. The third-order valence-electron chi connectivity index (χ3n) is 2.33. The Balaban J connectivity index is 2.57. The van der Waals surface area contributed by atoms with Crippen molar-refractivity contribution in [1.29, 1.82) is 0 Å². The van der Waals surface area contributed by atoms with Gasteiger partial charge in [-0.25, -0.2) is 9.97 Å². The average Bonchev–Trinajstić information content (AvgIpc) is 2.38. The zero-order valence-electron chi connectivity index (χ0n) is 9.36. The van der Waals surface area contributed by atoms with Crippen LogP contribution in [0.25, 0.3) is 11.3 Å². The topological polar surface area (TPSA) is 50.7 Å². The van der Waals surface area contributed by atoms with E-state index in [1.807, 2.05) is 0 Å². The van der Waals surface area contributed by atoms with E-state index in [1.54, 1.807) is 7.05 Å². The van der Waals surface area contributed by atoms with Gasteiger partial charge in [0.15, 0.2) is 0 Å². The molecule has 0 saturated carbocycles. The number of anilines is 1. The Kier molecular flexibility index (Phi) is 3.14. The van der Waals surface area contributed by atoms with Gasteiger partial charge in [0.1, 0.15) is 12.1 Å². The van der Waals surface area contributed by atoms with E-state index in [0.717, 1.165) is 18.5 Å². The predicted octanol–water partition coefficient (Wildman–Crippen LogP) is 2.60. The summed E-state index contributed by atoms with van der Waals surface area (Å²) in [5, 5.41) is 2.74. The molecule has 2 aromatic heterocycles. The molecule has 2 rings (SSSR count). The van der Waals surface area contributed by atoms with Crippen LogP contribution in [0.4, 0.5) is 19.0 Å². The summed E-state index contributed by atoms with van der Waals surface area (Å²) in [5.74, 6) is 0.442. The van der Waals surface area contributed by atoms with Gasteiger partial charge in [-0.1, -0.05) is 0 Å². The second-order valence-corrected chi connectivity index (χ2v) is 3.46. The summed E-state index contributed by atoms with van der Waals surface area (Å²) in [5.41, 5.74) is -0.656. The third-order valence-corrected chi connectivity index (χ3v) is 2.33. The van der Waals surface area contributed by atoms with Gasteiger partial charge < -0.3 is 5.32 Å². The summed E-state index contributed by atoms with van der Waals surface area (Å²) in [6.45, 7) is 0. The van der Waals surface area contributed by atoms with E-state index in [-0.39, 0.29) is 11.3 Å². The number of nitrogens with zero attached hydrogens (tertiary/aromatic N) is 3. The largest absolute Gasteiger partial charge is 0.417 e. The Morgan fingerprint density at radius 1 is 1.22 bits per heavy atom. The second-order valence-electron chi connectivity index (χ2n) is 3.46. The quantitative estimate of drug-likeness (QED) is 0.895. The molecule has 0 spiro atoms. The number of halogens is 3. The summed E-state index contributed by atoms with van der Waals surface area (Å²) < 4.78 is 38.5. The molecule has 0 fully saturated rings. The molecule has 0 radical (unpaired) electrons. The summed E-state index contributed by atoms with van der Waals surface area (Å²) >= 11 is 0. The third kappa shape index (κ3) is 2.39. The zero-order chi connectivity index (χ0) is 13.2. The van der Waals surface area contributed by atoms with E-state index in [9.17, 15) is 13.2 Å². The first-order valence-corrected chi connectivity index (χ1v) is 5.03. The minimum Gasteiger partial charge on any atom is -0.373 e. The Morgan fingerprint density at radius 2 is 2.00 bits per heavy atom. The highest BCUT2D eigenvalue weighted by Gasteiger charge is 2.34. The molecule has 94 valence electrons. The molecular weight excluding hydrogens is 245 g/mol. The fourth-order valence-electron chi connectivity index (χ4n) is 1.49. The first-order valence-electron chi connectivity index (χ1n) is 5.03. The molecule has 4 nitrogen and oxygen atoms in total. The van der Waals surface area contributed by atoms with Crippen LogP contribution in [0.1, 0.15) is 5.56 Å². The second kappa shape index (κ2) is 4.59. The Labute approximate surface area is 101 Å². The monoisotopic (exact) mass is 254 g/mol. The molecule has 0 atom stereocenters. The molecule has 0 aromatic carbocycles. The highest BCUT2D eigenvalue weighted by molar-refractivity contribution is 5.65. The fourth-order valence-corrected chi connectivity index (χ4v) is 1.49. The predicted molar refractivity (Wildman–Crippen MR) is 59.8 cm³/mol. The van der Waals surface area contributed by atoms with Crippen LogP contribution in [0.5, 0.6) is 0 Å². The van der Waals surface area contributed by atoms with E-state index in [0.29, 0.717) is 5.82 Å². The molecule has 0 aliphatic rings. The number of nitrogens with one attached hydrogen (secondary N) is 1. The van der Waals surface area contributed by atoms with Crippen molar-refractivity contribution >= 4 is 5.82 Å². The van der Waals surface area contributed by atoms with Crippen molar-refractivity contribution in [3.05, 3.63) is 36.4 Å². The van der Waals surface area contributed by atoms with Gasteiger partial charge in [0.05, 0.1) is 11.3 Å². The standard InChI is InChI=1S/C11H9F3N4/c1-15-10-4-9(17-6-18-10)7-5-16-3-2-8(7)11(12,13)14/h2-6H,1H3,(H,15,17,18). The van der Waals surface area contributed by atoms with Crippen LogP contribution < -0.4 is 5.32 Å². The van der Waals surface area contributed by atoms with Crippen molar-refractivity contribution in [2.45, 2.75) is 6.18 Å². The van der Waals surface area contributed by atoms with Crippen LogP contribution >= 0.6 is 0 Å². The molecule has 18 heavy (non-hydrogen) atoms. The lowest BCUT2D eigenvalue weighted by Crippen LogP contribution is -2.08. The fraction of sp³-hybridized carbons (Fsp3) is 0.182. The van der Waals surface area contributed by atoms with E-state index in [1.165, 1.54) is 12.4 Å². The van der Waals surface area contributed by atoms with Crippen molar-refractivity contribution in [1.82, 2.24) is 15.0 Å². The number of rotatable bonds is 2. The molecule has 7 heteroatoms. The van der Waals surface area contributed by atoms with Crippen LogP contribution in [-0.4, -0.2) is 22.0 Å². The molecule has 0 amide bonds. The van der Waals surface area contributed by atoms with Crippen molar-refractivity contribution in [2.24, 2.45) is 0 Å². The van der Waals surface area contributed by atoms with Crippen molar-refractivity contribution < 1.29 is 13.2 Å². The maximum atomic E-state index is 12.8. The zero-order valence-corrected chi connectivity index (χ0v) is 9.36. The highest BCUT2D eigenvalue weighted by Crippen LogP contribution is 2.35. The maximum Gasteiger partial charge on any atom is 0.417 e. The summed E-state index contributed by atoms with van der Waals surface area (Å²) in [6, 6.07) is 2.36. The van der Waals surface area contributed by atoms with Gasteiger partial charge in [0.25, 0.3) is 0 Å². The molecule has 2 aromatic rings. The van der Waals surface area contributed by atoms with E-state index >= 15 is 0 Å². The Hall–Kier alpha value is -2.18. The molecule has 2 heterocycles. The van der Waals surface area contributed by atoms with Gasteiger partial charge in [-0.3, -0.25) is 4.98 Å². The average molecular weight is 254 g/mol. The summed E-state index contributed by atoms with van der Waals surface area (Å²) in [6.07, 6.45) is -0.992. The molecule has 0 aliphatic heterocycles. The highest BCUT2D eigenvalue weighted by atomic mass is 19.4. The normalized spacial score (nSPS) is 11.3. The van der Waals surface area contributed by atoms with Gasteiger partial charge >= 0.3 is 6.18 Å². The van der Waals surface area contributed by atoms with E-state index in [2.05, 4.69) is 20.3 Å². The van der Waals surface area contributed by atoms with Gasteiger partial charge in [-0.05, 0) is 6.07 Å². The number of pyridine rings is 1. The van der Waals surface area contributed by atoms with Crippen LogP contribution in [0, 0.1) is 0 Å². The molecule has 0 saturated heterocycles. The van der Waals surface area contributed by atoms with Crippen molar-refractivity contribution in [3.63, 3.8) is 0 Å². The minimum absolute atomic E-state index is 0.0658. The molecular formula is C11H9F3N4. The SMILES string of the molecule is CNc1cc(-c2cnccc2C(F)(F)F)ncn1. The summed E-state index contributed by atoms with van der Waals surface area (Å²) in [7, 11) is 1.63. The van der Waals surface area contributed by atoms with Crippen LogP contribution in [-0.2, 0) is 6.18 Å². The lowest BCUT2D eigenvalue weighted by atomic mass is 10.1. The summed E-state index contributed by atoms with van der Waals surface area (Å²) in [4.78, 5) is 11.4. The smallest absolute Gasteiger partial charge is 0.373 e. The number of aromatic nitrogens is 3. The van der Waals surface area contributed by atoms with Gasteiger partial charge in [-0.15, -0.1) is 0 Å². The van der Waals surface area contributed by atoms with Crippen LogP contribution in [0.3, 0.4) is 0 Å². The molecule has 1 N–H and O–H groups in total. The molecule has 0 unspecified atom stereocenters. The van der Waals surface area contributed by atoms with Gasteiger partial charge in [-0.2, -0.15) is 13.2 Å². The van der Waals surface area contributed by atoms with Gasteiger partial charge in [0.2, 0.25) is 0 Å². The lowest BCUT2D eigenvalue weighted by Gasteiger charge is -2.11. The Bertz CT molecular complexity index is 554. The first-order chi connectivity index (χ1) is 8.52. The van der Waals surface area contributed by atoms with E-state index in [4.69, 9.17) is 0 Å². The minimum atomic E-state index is -4.44. The molecule has 0 bridgehead atoms. The first kappa shape index (κ1) is 12.3. The van der Waals surface area contributed by atoms with Crippen molar-refractivity contribution in [2.75, 3.05) is 12.4 Å². The lowest BCUT2D eigenvalue weighted by molar-refractivity contribution is -0.137. The number of alkyl halides is 3. The Morgan fingerprint density at radius 3 is 2.67 bits per heavy atom. The van der Waals surface area contributed by atoms with Crippen LogP contribution in [0.15, 0.2) is 30.9 Å². The van der Waals surface area contributed by atoms with E-state index < -0.39 is 11.7 Å². The van der Waals surface area contributed by atoms with Crippen molar-refractivity contribution in [3.8, 4) is 11.3 Å². The maximum absolute atomic E-state index is 12.8. The number of hydrogen-bond donors (Lipinski definition) is 1. The van der Waals surface area contributed by atoms with Crippen LogP contribution in [0.2, 0.25) is 0 Å². The van der Waals surface area contributed by atoms with Gasteiger partial charge in [0, 0.05) is 31.1 Å².